The SMILES string of the molecule is CCCN(Cc1ccccc1)C(=O)c1cc(Br)ccc1I. The second kappa shape index (κ2) is 7.94. The largest absolute Gasteiger partial charge is 0.334 e. The van der Waals surface area contributed by atoms with E-state index in [2.05, 4.69) is 57.6 Å². The summed E-state index contributed by atoms with van der Waals surface area (Å²) in [5.41, 5.74) is 1.92. The summed E-state index contributed by atoms with van der Waals surface area (Å²) in [7, 11) is 0. The van der Waals surface area contributed by atoms with Crippen LogP contribution in [0.25, 0.3) is 0 Å². The molecule has 2 aromatic carbocycles. The van der Waals surface area contributed by atoms with Gasteiger partial charge in [-0.3, -0.25) is 4.79 Å². The van der Waals surface area contributed by atoms with Crippen molar-refractivity contribution in [2.75, 3.05) is 6.54 Å². The molecule has 0 atom stereocenters. The number of hydrogen-bond donors (Lipinski definition) is 0. The molecule has 0 bridgehead atoms. The minimum atomic E-state index is 0.0893. The van der Waals surface area contributed by atoms with Crippen molar-refractivity contribution in [3.05, 3.63) is 67.7 Å². The van der Waals surface area contributed by atoms with Gasteiger partial charge in [-0.2, -0.15) is 0 Å². The molecule has 2 nitrogen and oxygen atoms in total. The molecule has 0 spiro atoms. The van der Waals surface area contributed by atoms with E-state index in [9.17, 15) is 4.79 Å². The molecule has 0 saturated heterocycles. The van der Waals surface area contributed by atoms with Crippen LogP contribution < -0.4 is 0 Å². The summed E-state index contributed by atoms with van der Waals surface area (Å²) < 4.78 is 1.91. The molecule has 1 amide bonds. The maximum atomic E-state index is 12.8. The van der Waals surface area contributed by atoms with Gasteiger partial charge in [0.1, 0.15) is 0 Å². The molecule has 0 N–H and O–H groups in total. The van der Waals surface area contributed by atoms with E-state index in [0.29, 0.717) is 6.54 Å². The summed E-state index contributed by atoms with van der Waals surface area (Å²) in [5.74, 6) is 0.0893. The first-order valence-electron chi connectivity index (χ1n) is 6.90. The molecule has 2 rings (SSSR count). The van der Waals surface area contributed by atoms with Crippen molar-refractivity contribution in [1.29, 1.82) is 0 Å². The third-order valence-electron chi connectivity index (χ3n) is 3.16. The summed E-state index contributed by atoms with van der Waals surface area (Å²) in [6.07, 6.45) is 0.948. The Morgan fingerprint density at radius 3 is 2.57 bits per heavy atom. The van der Waals surface area contributed by atoms with Crippen molar-refractivity contribution < 1.29 is 4.79 Å². The molecule has 0 aliphatic heterocycles. The maximum Gasteiger partial charge on any atom is 0.255 e. The zero-order valence-corrected chi connectivity index (χ0v) is 15.6. The molecule has 0 saturated carbocycles. The Hall–Kier alpha value is -0.880. The predicted octanol–water partition coefficient (Wildman–Crippen LogP) is 5.11. The lowest BCUT2D eigenvalue weighted by Crippen LogP contribution is -2.31. The molecule has 21 heavy (non-hydrogen) atoms. The number of amides is 1. The second-order valence-corrected chi connectivity index (χ2v) is 6.91. The first-order chi connectivity index (χ1) is 10.1. The zero-order valence-electron chi connectivity index (χ0n) is 11.9. The van der Waals surface area contributed by atoms with Gasteiger partial charge in [0.25, 0.3) is 5.91 Å². The Balaban J connectivity index is 2.25. The average molecular weight is 458 g/mol. The third-order valence-corrected chi connectivity index (χ3v) is 4.59. The van der Waals surface area contributed by atoms with E-state index in [-0.39, 0.29) is 5.91 Å². The molecule has 0 aromatic heterocycles. The van der Waals surface area contributed by atoms with E-state index in [1.807, 2.05) is 41.3 Å². The van der Waals surface area contributed by atoms with Crippen molar-refractivity contribution in [3.63, 3.8) is 0 Å². The lowest BCUT2D eigenvalue weighted by atomic mass is 10.1. The highest BCUT2D eigenvalue weighted by Crippen LogP contribution is 2.21. The summed E-state index contributed by atoms with van der Waals surface area (Å²) in [5, 5.41) is 0. The van der Waals surface area contributed by atoms with E-state index in [4.69, 9.17) is 0 Å². The van der Waals surface area contributed by atoms with Gasteiger partial charge in [-0.15, -0.1) is 0 Å². The smallest absolute Gasteiger partial charge is 0.255 e. The fourth-order valence-corrected chi connectivity index (χ4v) is 3.09. The maximum absolute atomic E-state index is 12.8. The second-order valence-electron chi connectivity index (χ2n) is 4.84. The van der Waals surface area contributed by atoms with Crippen LogP contribution in [-0.4, -0.2) is 17.4 Å². The molecule has 2 aromatic rings. The van der Waals surface area contributed by atoms with Gasteiger partial charge in [-0.1, -0.05) is 53.2 Å². The van der Waals surface area contributed by atoms with Crippen molar-refractivity contribution in [2.45, 2.75) is 19.9 Å². The van der Waals surface area contributed by atoms with Crippen LogP contribution >= 0.6 is 38.5 Å². The normalized spacial score (nSPS) is 10.4. The van der Waals surface area contributed by atoms with E-state index in [1.165, 1.54) is 0 Å². The molecule has 0 heterocycles. The van der Waals surface area contributed by atoms with Crippen molar-refractivity contribution in [2.24, 2.45) is 0 Å². The number of carbonyl (C=O) groups is 1. The third kappa shape index (κ3) is 4.54. The minimum Gasteiger partial charge on any atom is -0.334 e. The van der Waals surface area contributed by atoms with Crippen LogP contribution in [0.3, 0.4) is 0 Å². The average Bonchev–Trinajstić information content (AvgIpc) is 2.49. The minimum absolute atomic E-state index is 0.0893. The van der Waals surface area contributed by atoms with Gasteiger partial charge in [-0.05, 0) is 52.8 Å². The first-order valence-corrected chi connectivity index (χ1v) is 8.77. The fraction of sp³-hybridized carbons (Fsp3) is 0.235. The Morgan fingerprint density at radius 2 is 1.90 bits per heavy atom. The number of benzene rings is 2. The zero-order chi connectivity index (χ0) is 15.2. The molecule has 0 aliphatic rings. The van der Waals surface area contributed by atoms with E-state index >= 15 is 0 Å². The highest BCUT2D eigenvalue weighted by molar-refractivity contribution is 14.1. The van der Waals surface area contributed by atoms with Gasteiger partial charge in [0.15, 0.2) is 0 Å². The molecular formula is C17H17BrINO. The lowest BCUT2D eigenvalue weighted by Gasteiger charge is -2.23. The molecule has 0 unspecified atom stereocenters. The number of carbonyl (C=O) groups excluding carboxylic acids is 1. The van der Waals surface area contributed by atoms with Crippen molar-refractivity contribution >= 4 is 44.4 Å². The molecule has 0 radical (unpaired) electrons. The topological polar surface area (TPSA) is 20.3 Å². The monoisotopic (exact) mass is 457 g/mol. The lowest BCUT2D eigenvalue weighted by molar-refractivity contribution is 0.0742. The molecular weight excluding hydrogens is 441 g/mol. The van der Waals surface area contributed by atoms with E-state index < -0.39 is 0 Å². The van der Waals surface area contributed by atoms with Gasteiger partial charge < -0.3 is 4.90 Å². The highest BCUT2D eigenvalue weighted by atomic mass is 127. The Kier molecular flexibility index (Phi) is 6.23. The number of hydrogen-bond acceptors (Lipinski definition) is 1. The number of halogens is 2. The van der Waals surface area contributed by atoms with Crippen molar-refractivity contribution in [3.8, 4) is 0 Å². The van der Waals surface area contributed by atoms with Crippen molar-refractivity contribution in [1.82, 2.24) is 4.90 Å². The molecule has 0 aliphatic carbocycles. The van der Waals surface area contributed by atoms with Crippen LogP contribution in [0.15, 0.2) is 53.0 Å². The number of nitrogens with zero attached hydrogens (tertiary/aromatic N) is 1. The Morgan fingerprint density at radius 1 is 1.19 bits per heavy atom. The van der Waals surface area contributed by atoms with Crippen LogP contribution in [-0.2, 0) is 6.54 Å². The number of rotatable bonds is 5. The van der Waals surface area contributed by atoms with Gasteiger partial charge in [0.05, 0.1) is 5.56 Å². The molecule has 0 fully saturated rings. The predicted molar refractivity (Wildman–Crippen MR) is 98.3 cm³/mol. The Labute approximate surface area is 147 Å². The van der Waals surface area contributed by atoms with Gasteiger partial charge in [0, 0.05) is 21.1 Å². The van der Waals surface area contributed by atoms with Crippen LogP contribution in [0.5, 0.6) is 0 Å². The van der Waals surface area contributed by atoms with Crippen LogP contribution in [0.1, 0.15) is 29.3 Å². The van der Waals surface area contributed by atoms with Gasteiger partial charge >= 0.3 is 0 Å². The molecule has 110 valence electrons. The van der Waals surface area contributed by atoms with Gasteiger partial charge in [-0.25, -0.2) is 0 Å². The summed E-state index contributed by atoms with van der Waals surface area (Å²) >= 11 is 5.66. The highest BCUT2D eigenvalue weighted by Gasteiger charge is 2.18. The first kappa shape index (κ1) is 16.5. The van der Waals surface area contributed by atoms with Crippen LogP contribution in [0.2, 0.25) is 0 Å². The summed E-state index contributed by atoms with van der Waals surface area (Å²) in [4.78, 5) is 14.7. The standard InChI is InChI=1S/C17H17BrINO/c1-2-10-20(12-13-6-4-3-5-7-13)17(21)15-11-14(18)8-9-16(15)19/h3-9,11H,2,10,12H2,1H3. The van der Waals surface area contributed by atoms with Crippen LogP contribution in [0.4, 0.5) is 0 Å². The van der Waals surface area contributed by atoms with E-state index in [1.54, 1.807) is 0 Å². The summed E-state index contributed by atoms with van der Waals surface area (Å²) in [6, 6.07) is 15.9. The van der Waals surface area contributed by atoms with Gasteiger partial charge in [0.2, 0.25) is 0 Å². The Bertz CT molecular complexity index is 615. The molecule has 4 heteroatoms. The summed E-state index contributed by atoms with van der Waals surface area (Å²) in [6.45, 7) is 3.50. The quantitative estimate of drug-likeness (QED) is 0.571. The fourth-order valence-electron chi connectivity index (χ4n) is 2.16. The van der Waals surface area contributed by atoms with Crippen LogP contribution in [0, 0.1) is 3.57 Å². The van der Waals surface area contributed by atoms with E-state index in [0.717, 1.165) is 32.1 Å².